The van der Waals surface area contributed by atoms with E-state index in [9.17, 15) is 15.3 Å². The van der Waals surface area contributed by atoms with Crippen LogP contribution in [-0.2, 0) is 4.74 Å². The van der Waals surface area contributed by atoms with Crippen LogP contribution in [0.15, 0.2) is 0 Å². The zero-order valence-corrected chi connectivity index (χ0v) is 11.3. The molecule has 0 aromatic heterocycles. The molecule has 1 aliphatic rings. The van der Waals surface area contributed by atoms with Crippen molar-refractivity contribution >= 4 is 0 Å². The van der Waals surface area contributed by atoms with Crippen molar-refractivity contribution in [2.24, 2.45) is 0 Å². The summed E-state index contributed by atoms with van der Waals surface area (Å²) in [6.45, 7) is 6.33. The highest BCUT2D eigenvalue weighted by Gasteiger charge is 2.30. The van der Waals surface area contributed by atoms with Gasteiger partial charge in [0.1, 0.15) is 0 Å². The first kappa shape index (κ1) is 15.8. The van der Waals surface area contributed by atoms with Crippen LogP contribution in [0.4, 0.5) is 0 Å². The summed E-state index contributed by atoms with van der Waals surface area (Å²) in [7, 11) is 0. The second-order valence-corrected chi connectivity index (χ2v) is 5.22. The summed E-state index contributed by atoms with van der Waals surface area (Å²) in [5.41, 5.74) is -1.02. The molecule has 1 heterocycles. The molecule has 18 heavy (non-hydrogen) atoms. The summed E-state index contributed by atoms with van der Waals surface area (Å²) >= 11 is 0. The van der Waals surface area contributed by atoms with Gasteiger partial charge in [-0.1, -0.05) is 0 Å². The summed E-state index contributed by atoms with van der Waals surface area (Å²) in [6, 6.07) is 0.481. The van der Waals surface area contributed by atoms with Crippen molar-refractivity contribution < 1.29 is 20.1 Å². The molecule has 1 saturated heterocycles. The lowest BCUT2D eigenvalue weighted by molar-refractivity contribution is -0.0468. The zero-order chi connectivity index (χ0) is 13.6. The quantitative estimate of drug-likeness (QED) is 0.442. The normalized spacial score (nSPS) is 22.7. The largest absolute Gasteiger partial charge is 0.394 e. The minimum Gasteiger partial charge on any atom is -0.394 e. The highest BCUT2D eigenvalue weighted by atomic mass is 16.5. The Morgan fingerprint density at radius 3 is 2.39 bits per heavy atom. The third-order valence-electron chi connectivity index (χ3n) is 3.51. The van der Waals surface area contributed by atoms with Gasteiger partial charge >= 0.3 is 0 Å². The first-order valence-corrected chi connectivity index (χ1v) is 6.50. The number of nitrogens with zero attached hydrogens (tertiary/aromatic N) is 1. The fourth-order valence-electron chi connectivity index (χ4n) is 1.98. The van der Waals surface area contributed by atoms with Crippen molar-refractivity contribution in [2.45, 2.75) is 31.5 Å². The molecule has 0 aliphatic carbocycles. The summed E-state index contributed by atoms with van der Waals surface area (Å²) < 4.78 is 5.64. The SMILES string of the molecule is CC(C)N1CCOC(CNC(CO)(CO)CO)C1. The third kappa shape index (κ3) is 4.15. The molecule has 0 radical (unpaired) electrons. The van der Waals surface area contributed by atoms with E-state index in [4.69, 9.17) is 4.74 Å². The third-order valence-corrected chi connectivity index (χ3v) is 3.51. The molecular formula is C12H26N2O4. The second kappa shape index (κ2) is 7.37. The van der Waals surface area contributed by atoms with Crippen molar-refractivity contribution in [3.05, 3.63) is 0 Å². The lowest BCUT2D eigenvalue weighted by Gasteiger charge is -2.37. The van der Waals surface area contributed by atoms with Crippen LogP contribution in [0, 0.1) is 0 Å². The number of aliphatic hydroxyl groups is 3. The minimum absolute atomic E-state index is 0.0187. The summed E-state index contributed by atoms with van der Waals surface area (Å²) in [5.74, 6) is 0. The van der Waals surface area contributed by atoms with E-state index < -0.39 is 5.54 Å². The Balaban J connectivity index is 2.42. The lowest BCUT2D eigenvalue weighted by Crippen LogP contribution is -2.59. The van der Waals surface area contributed by atoms with E-state index in [0.717, 1.165) is 13.1 Å². The molecule has 6 heteroatoms. The predicted molar refractivity (Wildman–Crippen MR) is 68.4 cm³/mol. The van der Waals surface area contributed by atoms with Gasteiger partial charge in [-0.3, -0.25) is 4.90 Å². The van der Waals surface area contributed by atoms with Crippen molar-refractivity contribution in [3.8, 4) is 0 Å². The molecule has 1 unspecified atom stereocenters. The number of hydrogen-bond acceptors (Lipinski definition) is 6. The van der Waals surface area contributed by atoms with Gasteiger partial charge in [-0.15, -0.1) is 0 Å². The van der Waals surface area contributed by atoms with Crippen molar-refractivity contribution in [1.29, 1.82) is 0 Å². The topological polar surface area (TPSA) is 85.2 Å². The van der Waals surface area contributed by atoms with Crippen LogP contribution in [-0.4, -0.2) is 84.0 Å². The van der Waals surface area contributed by atoms with Crippen molar-refractivity contribution in [2.75, 3.05) is 46.1 Å². The van der Waals surface area contributed by atoms with Gasteiger partial charge in [0.2, 0.25) is 0 Å². The number of hydrogen-bond donors (Lipinski definition) is 4. The molecule has 1 atom stereocenters. The summed E-state index contributed by atoms with van der Waals surface area (Å²) in [5, 5.41) is 30.6. The number of rotatable bonds is 7. The molecule has 0 aromatic carbocycles. The van der Waals surface area contributed by atoms with Crippen LogP contribution in [0.3, 0.4) is 0 Å². The molecule has 0 amide bonds. The molecule has 1 fully saturated rings. The maximum absolute atomic E-state index is 9.21. The van der Waals surface area contributed by atoms with E-state index in [1.807, 2.05) is 0 Å². The molecule has 0 saturated carbocycles. The van der Waals surface area contributed by atoms with E-state index in [2.05, 4.69) is 24.1 Å². The number of ether oxygens (including phenoxy) is 1. The Labute approximate surface area is 109 Å². The van der Waals surface area contributed by atoms with E-state index in [-0.39, 0.29) is 25.9 Å². The average molecular weight is 262 g/mol. The van der Waals surface area contributed by atoms with Gasteiger partial charge in [-0.2, -0.15) is 0 Å². The van der Waals surface area contributed by atoms with Crippen molar-refractivity contribution in [3.63, 3.8) is 0 Å². The molecule has 4 N–H and O–H groups in total. The first-order chi connectivity index (χ1) is 8.56. The van der Waals surface area contributed by atoms with E-state index in [1.54, 1.807) is 0 Å². The van der Waals surface area contributed by atoms with Gasteiger partial charge in [0, 0.05) is 25.7 Å². The molecule has 0 aromatic rings. The van der Waals surface area contributed by atoms with Crippen LogP contribution in [0.2, 0.25) is 0 Å². The van der Waals surface area contributed by atoms with Gasteiger partial charge in [0.05, 0.1) is 38.1 Å². The van der Waals surface area contributed by atoms with E-state index in [1.165, 1.54) is 0 Å². The number of nitrogens with one attached hydrogen (secondary N) is 1. The highest BCUT2D eigenvalue weighted by molar-refractivity contribution is 4.88. The van der Waals surface area contributed by atoms with Crippen LogP contribution in [0.25, 0.3) is 0 Å². The van der Waals surface area contributed by atoms with Crippen LogP contribution in [0.1, 0.15) is 13.8 Å². The Bertz CT molecular complexity index is 226. The maximum atomic E-state index is 9.21. The Kier molecular flexibility index (Phi) is 6.48. The van der Waals surface area contributed by atoms with Gasteiger partial charge < -0.3 is 25.4 Å². The summed E-state index contributed by atoms with van der Waals surface area (Å²) in [6.07, 6.45) is 0.0187. The molecule has 1 aliphatic heterocycles. The molecule has 0 bridgehead atoms. The van der Waals surface area contributed by atoms with E-state index >= 15 is 0 Å². The Morgan fingerprint density at radius 1 is 1.28 bits per heavy atom. The van der Waals surface area contributed by atoms with Gasteiger partial charge in [0.15, 0.2) is 0 Å². The zero-order valence-electron chi connectivity index (χ0n) is 11.3. The Hall–Kier alpha value is -0.240. The molecular weight excluding hydrogens is 236 g/mol. The lowest BCUT2D eigenvalue weighted by atomic mass is 10.0. The molecule has 6 nitrogen and oxygen atoms in total. The average Bonchev–Trinajstić information content (AvgIpc) is 2.41. The molecule has 0 spiro atoms. The highest BCUT2D eigenvalue weighted by Crippen LogP contribution is 2.09. The number of morpholine rings is 1. The fourth-order valence-corrected chi connectivity index (χ4v) is 1.98. The fraction of sp³-hybridized carbons (Fsp3) is 1.00. The smallest absolute Gasteiger partial charge is 0.0882 e. The van der Waals surface area contributed by atoms with Gasteiger partial charge in [-0.05, 0) is 13.8 Å². The minimum atomic E-state index is -1.02. The molecule has 108 valence electrons. The molecule has 1 rings (SSSR count). The Morgan fingerprint density at radius 2 is 1.89 bits per heavy atom. The van der Waals surface area contributed by atoms with Crippen LogP contribution in [0.5, 0.6) is 0 Å². The maximum Gasteiger partial charge on any atom is 0.0882 e. The first-order valence-electron chi connectivity index (χ1n) is 6.50. The summed E-state index contributed by atoms with van der Waals surface area (Å²) in [4.78, 5) is 2.33. The van der Waals surface area contributed by atoms with Crippen LogP contribution < -0.4 is 5.32 Å². The monoisotopic (exact) mass is 262 g/mol. The second-order valence-electron chi connectivity index (χ2n) is 5.22. The van der Waals surface area contributed by atoms with E-state index in [0.29, 0.717) is 19.2 Å². The van der Waals surface area contributed by atoms with Crippen LogP contribution >= 0.6 is 0 Å². The van der Waals surface area contributed by atoms with Gasteiger partial charge in [-0.25, -0.2) is 0 Å². The predicted octanol–water partition coefficient (Wildman–Crippen LogP) is -1.60. The number of aliphatic hydroxyl groups excluding tert-OH is 3. The van der Waals surface area contributed by atoms with Crippen molar-refractivity contribution in [1.82, 2.24) is 10.2 Å². The standard InChI is InChI=1S/C12H26N2O4/c1-10(2)14-3-4-18-11(6-14)5-13-12(7-15,8-16)9-17/h10-11,13,15-17H,3-9H2,1-2H3. The van der Waals surface area contributed by atoms with Gasteiger partial charge in [0.25, 0.3) is 0 Å².